The molecule has 0 spiro atoms. The molecule has 0 radical (unpaired) electrons. The molecule has 21 heavy (non-hydrogen) atoms. The molecule has 1 N–H and O–H groups in total. The molecule has 0 amide bonds. The van der Waals surface area contributed by atoms with Gasteiger partial charge in [-0.25, -0.2) is 17.2 Å². The van der Waals surface area contributed by atoms with Gasteiger partial charge in [0.05, 0.1) is 0 Å². The average Bonchev–Trinajstić information content (AvgIpc) is 2.42. The Bertz CT molecular complexity index is 582. The highest BCUT2D eigenvalue weighted by molar-refractivity contribution is 7.89. The zero-order valence-electron chi connectivity index (χ0n) is 11.7. The summed E-state index contributed by atoms with van der Waals surface area (Å²) in [6.07, 6.45) is 1.65. The Kier molecular flexibility index (Phi) is 6.52. The maximum absolute atomic E-state index is 13.7. The van der Waals surface area contributed by atoms with Crippen LogP contribution in [0.1, 0.15) is 12.8 Å². The third-order valence-electron chi connectivity index (χ3n) is 3.49. The summed E-state index contributed by atoms with van der Waals surface area (Å²) in [5.41, 5.74) is 0. The van der Waals surface area contributed by atoms with E-state index in [1.54, 1.807) is 7.05 Å². The summed E-state index contributed by atoms with van der Waals surface area (Å²) in [6, 6.07) is 2.50. The molecule has 1 atom stereocenters. The minimum Gasteiger partial charge on any atom is -0.319 e. The molecule has 120 valence electrons. The van der Waals surface area contributed by atoms with Gasteiger partial charge >= 0.3 is 0 Å². The SMILES string of the molecule is CNCC1CCCN(S(=O)(=O)c2cc(F)ccc2F)C1.Cl. The molecule has 0 aromatic heterocycles. The van der Waals surface area contributed by atoms with Crippen LogP contribution in [0.3, 0.4) is 0 Å². The molecule has 1 aromatic carbocycles. The zero-order valence-corrected chi connectivity index (χ0v) is 13.3. The van der Waals surface area contributed by atoms with Crippen LogP contribution in [0.5, 0.6) is 0 Å². The van der Waals surface area contributed by atoms with Gasteiger partial charge in [0.1, 0.15) is 16.5 Å². The molecule has 4 nitrogen and oxygen atoms in total. The molecule has 1 aliphatic heterocycles. The van der Waals surface area contributed by atoms with E-state index >= 15 is 0 Å². The van der Waals surface area contributed by atoms with Gasteiger partial charge in [-0.2, -0.15) is 4.31 Å². The molecule has 0 bridgehead atoms. The Morgan fingerprint density at radius 2 is 2.10 bits per heavy atom. The molecule has 1 heterocycles. The Labute approximate surface area is 130 Å². The Morgan fingerprint density at radius 3 is 2.76 bits per heavy atom. The largest absolute Gasteiger partial charge is 0.319 e. The fraction of sp³-hybridized carbons (Fsp3) is 0.538. The van der Waals surface area contributed by atoms with Gasteiger partial charge in [0.2, 0.25) is 10.0 Å². The summed E-state index contributed by atoms with van der Waals surface area (Å²) in [6.45, 7) is 1.38. The van der Waals surface area contributed by atoms with Gasteiger partial charge in [0, 0.05) is 13.1 Å². The highest BCUT2D eigenvalue weighted by Gasteiger charge is 2.32. The van der Waals surface area contributed by atoms with Gasteiger partial charge in [0.25, 0.3) is 0 Å². The van der Waals surface area contributed by atoms with E-state index in [-0.39, 0.29) is 18.3 Å². The maximum Gasteiger partial charge on any atom is 0.246 e. The van der Waals surface area contributed by atoms with Crippen LogP contribution in [-0.4, -0.2) is 39.4 Å². The van der Waals surface area contributed by atoms with Crippen LogP contribution in [0.2, 0.25) is 0 Å². The van der Waals surface area contributed by atoms with Gasteiger partial charge in [-0.1, -0.05) is 0 Å². The number of sulfonamides is 1. The van der Waals surface area contributed by atoms with Crippen molar-refractivity contribution in [3.63, 3.8) is 0 Å². The summed E-state index contributed by atoms with van der Waals surface area (Å²) in [7, 11) is -2.17. The van der Waals surface area contributed by atoms with E-state index in [9.17, 15) is 17.2 Å². The predicted molar refractivity (Wildman–Crippen MR) is 79.0 cm³/mol. The molecule has 1 aromatic rings. The molecule has 0 aliphatic carbocycles. The molecule has 1 fully saturated rings. The van der Waals surface area contributed by atoms with Gasteiger partial charge in [-0.15, -0.1) is 12.4 Å². The minimum atomic E-state index is -3.98. The highest BCUT2D eigenvalue weighted by Crippen LogP contribution is 2.25. The molecular weight excluding hydrogens is 322 g/mol. The summed E-state index contributed by atoms with van der Waals surface area (Å²) < 4.78 is 52.9. The molecule has 2 rings (SSSR count). The van der Waals surface area contributed by atoms with Crippen molar-refractivity contribution < 1.29 is 17.2 Å². The molecular formula is C13H19ClF2N2O2S. The van der Waals surface area contributed by atoms with Gasteiger partial charge in [-0.05, 0) is 50.6 Å². The van der Waals surface area contributed by atoms with Crippen molar-refractivity contribution in [2.45, 2.75) is 17.7 Å². The Morgan fingerprint density at radius 1 is 1.38 bits per heavy atom. The Balaban J connectivity index is 0.00000220. The van der Waals surface area contributed by atoms with E-state index in [4.69, 9.17) is 0 Å². The van der Waals surface area contributed by atoms with Gasteiger partial charge < -0.3 is 5.32 Å². The average molecular weight is 341 g/mol. The highest BCUT2D eigenvalue weighted by atomic mass is 35.5. The third kappa shape index (κ3) is 4.12. The van der Waals surface area contributed by atoms with E-state index < -0.39 is 26.6 Å². The summed E-state index contributed by atoms with van der Waals surface area (Å²) >= 11 is 0. The number of hydrogen-bond donors (Lipinski definition) is 1. The minimum absolute atomic E-state index is 0. The fourth-order valence-electron chi connectivity index (χ4n) is 2.51. The quantitative estimate of drug-likeness (QED) is 0.912. The van der Waals surface area contributed by atoms with E-state index in [1.807, 2.05) is 0 Å². The van der Waals surface area contributed by atoms with Gasteiger partial charge in [0.15, 0.2) is 0 Å². The first-order valence-electron chi connectivity index (χ1n) is 6.55. The number of nitrogens with one attached hydrogen (secondary N) is 1. The lowest BCUT2D eigenvalue weighted by atomic mass is 10.00. The first-order valence-corrected chi connectivity index (χ1v) is 7.99. The maximum atomic E-state index is 13.7. The van der Waals surface area contributed by atoms with Crippen molar-refractivity contribution in [2.24, 2.45) is 5.92 Å². The lowest BCUT2D eigenvalue weighted by Gasteiger charge is -2.31. The first kappa shape index (κ1) is 18.3. The summed E-state index contributed by atoms with van der Waals surface area (Å²) in [5.74, 6) is -1.48. The Hall–Kier alpha value is -0.760. The van der Waals surface area contributed by atoms with E-state index in [0.717, 1.165) is 31.0 Å². The van der Waals surface area contributed by atoms with Crippen LogP contribution in [0.25, 0.3) is 0 Å². The van der Waals surface area contributed by atoms with E-state index in [1.165, 1.54) is 4.31 Å². The molecule has 1 aliphatic rings. The topological polar surface area (TPSA) is 49.4 Å². The second-order valence-corrected chi connectivity index (χ2v) is 6.91. The molecule has 1 unspecified atom stereocenters. The normalized spacial score (nSPS) is 20.0. The van der Waals surface area contributed by atoms with Crippen molar-refractivity contribution in [2.75, 3.05) is 26.7 Å². The number of benzene rings is 1. The van der Waals surface area contributed by atoms with Crippen molar-refractivity contribution in [3.05, 3.63) is 29.8 Å². The van der Waals surface area contributed by atoms with Crippen molar-refractivity contribution in [1.82, 2.24) is 9.62 Å². The van der Waals surface area contributed by atoms with Crippen LogP contribution in [0.15, 0.2) is 23.1 Å². The number of piperidine rings is 1. The molecule has 0 saturated carbocycles. The second-order valence-electron chi connectivity index (χ2n) is 5.00. The van der Waals surface area contributed by atoms with Crippen LogP contribution in [0, 0.1) is 17.6 Å². The zero-order chi connectivity index (χ0) is 14.8. The fourth-order valence-corrected chi connectivity index (χ4v) is 4.15. The lowest BCUT2D eigenvalue weighted by Crippen LogP contribution is -2.42. The first-order chi connectivity index (χ1) is 9.45. The number of halogens is 3. The molecule has 1 saturated heterocycles. The number of hydrogen-bond acceptors (Lipinski definition) is 3. The van der Waals surface area contributed by atoms with Gasteiger partial charge in [-0.3, -0.25) is 0 Å². The van der Waals surface area contributed by atoms with E-state index in [0.29, 0.717) is 19.6 Å². The predicted octanol–water partition coefficient (Wildman–Crippen LogP) is 2.01. The van der Waals surface area contributed by atoms with Crippen LogP contribution in [0.4, 0.5) is 8.78 Å². The van der Waals surface area contributed by atoms with Crippen molar-refractivity contribution in [3.8, 4) is 0 Å². The standard InChI is InChI=1S/C13H18F2N2O2S.ClH/c1-16-8-10-3-2-6-17(9-10)20(18,19)13-7-11(14)4-5-12(13)15;/h4-5,7,10,16H,2-3,6,8-9H2,1H3;1H. The molecule has 8 heteroatoms. The lowest BCUT2D eigenvalue weighted by molar-refractivity contribution is 0.262. The number of nitrogens with zero attached hydrogens (tertiary/aromatic N) is 1. The third-order valence-corrected chi connectivity index (χ3v) is 5.37. The van der Waals surface area contributed by atoms with Crippen LogP contribution >= 0.6 is 12.4 Å². The van der Waals surface area contributed by atoms with Crippen LogP contribution in [-0.2, 0) is 10.0 Å². The second kappa shape index (κ2) is 7.49. The summed E-state index contributed by atoms with van der Waals surface area (Å²) in [5, 5.41) is 3.01. The number of rotatable bonds is 4. The monoisotopic (exact) mass is 340 g/mol. The van der Waals surface area contributed by atoms with Crippen LogP contribution < -0.4 is 5.32 Å². The van der Waals surface area contributed by atoms with Crippen molar-refractivity contribution in [1.29, 1.82) is 0 Å². The smallest absolute Gasteiger partial charge is 0.246 e. The van der Waals surface area contributed by atoms with Crippen molar-refractivity contribution >= 4 is 22.4 Å². The summed E-state index contributed by atoms with van der Waals surface area (Å²) in [4.78, 5) is -0.581. The van der Waals surface area contributed by atoms with E-state index in [2.05, 4.69) is 5.32 Å².